The van der Waals surface area contributed by atoms with Crippen LogP contribution in [0.3, 0.4) is 0 Å². The Balaban J connectivity index is 2.23. The molecular weight excluding hydrogens is 304 g/mol. The van der Waals surface area contributed by atoms with E-state index < -0.39 is 17.4 Å². The van der Waals surface area contributed by atoms with Crippen molar-refractivity contribution in [3.05, 3.63) is 33.5 Å². The van der Waals surface area contributed by atoms with Gasteiger partial charge in [0.15, 0.2) is 0 Å². The molecule has 0 bridgehead atoms. The standard InChI is InChI=1S/C18H18N4S/c1-11-6-7-15(23-11)16-13-5-3-2-4-12(13)14(8-19)17(22)18(16,9-20)10-21/h4,6-7,13-14,16-17H,2-3,5,22H2,1H3/p+1/t13-,14+,16-,17+/m1/s1. The Morgan fingerprint density at radius 2 is 2.00 bits per heavy atom. The summed E-state index contributed by atoms with van der Waals surface area (Å²) in [4.78, 5) is 2.25. The third-order valence-corrected chi connectivity index (χ3v) is 6.43. The number of hydrogen-bond acceptors (Lipinski definition) is 4. The lowest BCUT2D eigenvalue weighted by atomic mass is 9.53. The Morgan fingerprint density at radius 1 is 1.26 bits per heavy atom. The van der Waals surface area contributed by atoms with Crippen molar-refractivity contribution < 1.29 is 5.73 Å². The van der Waals surface area contributed by atoms with E-state index in [1.54, 1.807) is 11.3 Å². The monoisotopic (exact) mass is 323 g/mol. The van der Waals surface area contributed by atoms with Gasteiger partial charge in [-0.1, -0.05) is 6.08 Å². The third-order valence-electron chi connectivity index (χ3n) is 5.34. The Kier molecular flexibility index (Phi) is 3.99. The van der Waals surface area contributed by atoms with Crippen molar-refractivity contribution in [2.24, 2.45) is 17.3 Å². The largest absolute Gasteiger partial charge is 0.352 e. The van der Waals surface area contributed by atoms with E-state index in [9.17, 15) is 15.8 Å². The van der Waals surface area contributed by atoms with Crippen molar-refractivity contribution in [1.82, 2.24) is 0 Å². The summed E-state index contributed by atoms with van der Waals surface area (Å²) in [6, 6.07) is 10.4. The van der Waals surface area contributed by atoms with Gasteiger partial charge in [-0.2, -0.15) is 15.8 Å². The zero-order chi connectivity index (χ0) is 16.6. The molecule has 5 heteroatoms. The van der Waals surface area contributed by atoms with E-state index in [1.807, 2.05) is 19.1 Å². The van der Waals surface area contributed by atoms with Crippen LogP contribution in [0.15, 0.2) is 23.8 Å². The summed E-state index contributed by atoms with van der Waals surface area (Å²) in [5.41, 5.74) is 3.98. The number of fused-ring (bicyclic) bond motifs is 1. The molecule has 0 aromatic carbocycles. The van der Waals surface area contributed by atoms with Gasteiger partial charge in [-0.05, 0) is 49.8 Å². The molecule has 4 nitrogen and oxygen atoms in total. The summed E-state index contributed by atoms with van der Waals surface area (Å²) in [7, 11) is 0. The molecule has 0 radical (unpaired) electrons. The molecule has 0 spiro atoms. The summed E-state index contributed by atoms with van der Waals surface area (Å²) in [5, 5.41) is 29.5. The molecule has 0 saturated heterocycles. The second-order valence-electron chi connectivity index (χ2n) is 6.47. The molecule has 23 heavy (non-hydrogen) atoms. The van der Waals surface area contributed by atoms with Gasteiger partial charge >= 0.3 is 0 Å². The maximum absolute atomic E-state index is 9.92. The van der Waals surface area contributed by atoms with Crippen LogP contribution in [0.1, 0.15) is 34.9 Å². The number of nitrogens with zero attached hydrogens (tertiary/aromatic N) is 3. The van der Waals surface area contributed by atoms with E-state index in [0.29, 0.717) is 0 Å². The molecule has 2 aliphatic rings. The van der Waals surface area contributed by atoms with Gasteiger partial charge < -0.3 is 5.73 Å². The molecule has 0 aliphatic heterocycles. The minimum absolute atomic E-state index is 0.101. The third kappa shape index (κ3) is 2.19. The van der Waals surface area contributed by atoms with Crippen LogP contribution in [0.4, 0.5) is 0 Å². The minimum Gasteiger partial charge on any atom is -0.352 e. The van der Waals surface area contributed by atoms with Crippen LogP contribution in [-0.2, 0) is 0 Å². The molecule has 1 fully saturated rings. The Morgan fingerprint density at radius 3 is 2.57 bits per heavy atom. The Labute approximate surface area is 140 Å². The quantitative estimate of drug-likeness (QED) is 0.804. The normalized spacial score (nSPS) is 31.9. The first-order valence-electron chi connectivity index (χ1n) is 7.90. The highest BCUT2D eigenvalue weighted by atomic mass is 32.1. The molecule has 1 aromatic heterocycles. The fourth-order valence-electron chi connectivity index (χ4n) is 4.22. The van der Waals surface area contributed by atoms with Crippen LogP contribution in [0.25, 0.3) is 0 Å². The highest BCUT2D eigenvalue weighted by Crippen LogP contribution is 2.56. The topological polar surface area (TPSA) is 99.0 Å². The molecule has 1 heterocycles. The molecule has 1 aromatic rings. The molecule has 0 amide bonds. The zero-order valence-corrected chi connectivity index (χ0v) is 13.9. The van der Waals surface area contributed by atoms with Gasteiger partial charge in [-0.25, -0.2) is 0 Å². The van der Waals surface area contributed by atoms with Crippen LogP contribution in [0.2, 0.25) is 0 Å². The van der Waals surface area contributed by atoms with E-state index in [2.05, 4.69) is 30.0 Å². The number of allylic oxidation sites excluding steroid dienone is 1. The summed E-state index contributed by atoms with van der Waals surface area (Å²) in [6.45, 7) is 2.04. The first-order valence-corrected chi connectivity index (χ1v) is 8.72. The van der Waals surface area contributed by atoms with Gasteiger partial charge in [0.05, 0.1) is 18.2 Å². The molecule has 3 rings (SSSR count). The van der Waals surface area contributed by atoms with Crippen molar-refractivity contribution >= 4 is 11.3 Å². The average Bonchev–Trinajstić information content (AvgIpc) is 3.00. The number of aryl methyl sites for hydroxylation is 1. The van der Waals surface area contributed by atoms with E-state index >= 15 is 0 Å². The number of hydrogen-bond donors (Lipinski definition) is 1. The van der Waals surface area contributed by atoms with Gasteiger partial charge in [0.25, 0.3) is 0 Å². The highest BCUT2D eigenvalue weighted by Gasteiger charge is 2.61. The SMILES string of the molecule is Cc1ccc([C@H]2[C@@H]3CCCC=C3[C@H](C#N)[C@H]([NH3+])C2(C#N)C#N)s1. The van der Waals surface area contributed by atoms with Crippen LogP contribution in [0, 0.1) is 58.2 Å². The fourth-order valence-corrected chi connectivity index (χ4v) is 5.34. The second kappa shape index (κ2) is 5.82. The lowest BCUT2D eigenvalue weighted by Gasteiger charge is -2.46. The van der Waals surface area contributed by atoms with Crippen molar-refractivity contribution in [3.8, 4) is 18.2 Å². The lowest BCUT2D eigenvalue weighted by molar-refractivity contribution is -0.449. The maximum Gasteiger partial charge on any atom is 0.204 e. The molecule has 3 N–H and O–H groups in total. The van der Waals surface area contributed by atoms with Crippen molar-refractivity contribution in [1.29, 1.82) is 15.8 Å². The summed E-state index contributed by atoms with van der Waals surface area (Å²) in [6.07, 6.45) is 5.11. The van der Waals surface area contributed by atoms with Crippen molar-refractivity contribution in [2.75, 3.05) is 0 Å². The van der Waals surface area contributed by atoms with Crippen molar-refractivity contribution in [3.63, 3.8) is 0 Å². The molecular formula is C18H19N4S+. The van der Waals surface area contributed by atoms with E-state index in [4.69, 9.17) is 0 Å². The summed E-state index contributed by atoms with van der Waals surface area (Å²) < 4.78 is 0. The molecule has 0 unspecified atom stereocenters. The molecule has 2 aliphatic carbocycles. The maximum atomic E-state index is 9.92. The van der Waals surface area contributed by atoms with E-state index in [1.165, 1.54) is 4.88 Å². The van der Waals surface area contributed by atoms with Crippen LogP contribution >= 0.6 is 11.3 Å². The zero-order valence-electron chi connectivity index (χ0n) is 13.1. The predicted molar refractivity (Wildman–Crippen MR) is 86.7 cm³/mol. The minimum atomic E-state index is -1.24. The van der Waals surface area contributed by atoms with Gasteiger partial charge in [0, 0.05) is 15.7 Å². The summed E-state index contributed by atoms with van der Waals surface area (Å²) >= 11 is 1.65. The molecule has 116 valence electrons. The van der Waals surface area contributed by atoms with Crippen molar-refractivity contribution in [2.45, 2.75) is 38.1 Å². The van der Waals surface area contributed by atoms with Crippen LogP contribution in [0.5, 0.6) is 0 Å². The second-order valence-corrected chi connectivity index (χ2v) is 7.79. The summed E-state index contributed by atoms with van der Waals surface area (Å²) in [5.74, 6) is -0.518. The first-order chi connectivity index (χ1) is 11.1. The van der Waals surface area contributed by atoms with Gasteiger partial charge in [-0.3, -0.25) is 0 Å². The smallest absolute Gasteiger partial charge is 0.204 e. The average molecular weight is 323 g/mol. The predicted octanol–water partition coefficient (Wildman–Crippen LogP) is 2.66. The number of thiophene rings is 1. The van der Waals surface area contributed by atoms with E-state index in [-0.39, 0.29) is 11.8 Å². The van der Waals surface area contributed by atoms with Gasteiger partial charge in [0.1, 0.15) is 12.0 Å². The van der Waals surface area contributed by atoms with Crippen LogP contribution < -0.4 is 5.73 Å². The Hall–Kier alpha value is -2.13. The van der Waals surface area contributed by atoms with Gasteiger partial charge in [0.2, 0.25) is 5.41 Å². The molecule has 1 saturated carbocycles. The fraction of sp³-hybridized carbons (Fsp3) is 0.500. The number of quaternary nitrogens is 1. The first kappa shape index (κ1) is 15.8. The lowest BCUT2D eigenvalue weighted by Crippen LogP contribution is -2.74. The number of nitriles is 3. The van der Waals surface area contributed by atoms with Crippen LogP contribution in [-0.4, -0.2) is 6.04 Å². The molecule has 4 atom stereocenters. The highest BCUT2D eigenvalue weighted by molar-refractivity contribution is 7.12. The number of rotatable bonds is 1. The van der Waals surface area contributed by atoms with E-state index in [0.717, 1.165) is 29.7 Å². The van der Waals surface area contributed by atoms with Gasteiger partial charge in [-0.15, -0.1) is 11.3 Å². The Bertz CT molecular complexity index is 756.